The molecule has 644 valence electrons. The summed E-state index contributed by atoms with van der Waals surface area (Å²) in [7, 11) is 0. The van der Waals surface area contributed by atoms with Crippen LogP contribution in [0.2, 0.25) is 0 Å². The third-order valence-electron chi connectivity index (χ3n) is 21.7. The molecule has 5 aliphatic rings. The molecule has 5 aliphatic heterocycles. The van der Waals surface area contributed by atoms with E-state index in [2.05, 4.69) is 24.5 Å². The van der Waals surface area contributed by atoms with E-state index in [4.69, 9.17) is 47.4 Å². The van der Waals surface area contributed by atoms with E-state index in [9.17, 15) is 106 Å². The number of ether oxygens (including phenoxy) is 10. The van der Waals surface area contributed by atoms with Gasteiger partial charge in [-0.05, 0) is 19.3 Å². The summed E-state index contributed by atoms with van der Waals surface area (Å²) >= 11 is 0. The number of carbonyl (C=O) groups excluding carboxylic acids is 2. The average Bonchev–Trinajstić information content (AvgIpc) is 0.759. The van der Waals surface area contributed by atoms with E-state index in [1.54, 1.807) is 6.08 Å². The van der Waals surface area contributed by atoms with Gasteiger partial charge in [0.15, 0.2) is 25.2 Å². The summed E-state index contributed by atoms with van der Waals surface area (Å²) in [5, 5.41) is 203. The molecule has 0 spiro atoms. The van der Waals surface area contributed by atoms with Crippen molar-refractivity contribution in [3.63, 3.8) is 0 Å². The second kappa shape index (κ2) is 53.4. The molecule has 0 bridgehead atoms. The Bertz CT molecular complexity index is 2490. The standard InChI is InChI=1S/C77H140N2O31/c1-4-6-8-10-12-14-16-18-19-20-21-22-23-24-25-27-29-31-33-35-37-39-56(89)79-48(49(86)38-36-34-32-30-28-26-17-15-13-11-9-7-5-2)46-101-73-64(96)63(95)68(55(45-84)105-73)107-74-65(97)69(60(92)52(42-81)102-74)108-72-57(78-47(3)85)62(94)67(54(44-83)104-72)106-75-66(98)71(61(93)53(43-82)103-75)110-77(76(99)100)40-50(87)58(90)70(109-77)59(91)51(88)41-80/h36,38,48-55,57-75,80-84,86-88,90-98H,4-35,37,39-46H2,1-3H3,(H,78,85)(H,79,89)(H,99,100)/b38-36+/t48-,49+,50?,51+,52?,53?,54?,55?,57?,58+,59+,60-,61-,62+,63+,64?,65?,66?,67+,68+,69-,70?,71-,72-,73+,74-,75-,77-/m0/s1. The SMILES string of the molecule is CCCCCCCCCCCCC/C=C/[C@@H](O)[C@H](CO[C@@H]1OC(CO)[C@@H](O[C@@H]2OC(CO)[C@H](O)[C@H](O[C@@H]3OC(CO)[C@@H](O[C@@H]4OC(CO)[C@H](O)[C@H](O[C@]5(C(=O)O)CC(O)[C@@H](O)C([C@H](O)[C@H](O)CO)O5)C4O)[C@H](O)C3NC(C)=O)C2O)[C@H](O)C1O)NC(=O)CCCCCCCCCCCCCCCCCCCCCCC. The van der Waals surface area contributed by atoms with E-state index in [0.717, 1.165) is 58.3 Å². The molecule has 2 amide bonds. The lowest BCUT2D eigenvalue weighted by Crippen LogP contribution is -2.70. The fraction of sp³-hybridized carbons (Fsp3) is 0.935. The minimum atomic E-state index is -3.19. The zero-order chi connectivity index (χ0) is 80.7. The Labute approximate surface area is 648 Å². The van der Waals surface area contributed by atoms with Crippen molar-refractivity contribution in [3.8, 4) is 0 Å². The number of unbranched alkanes of at least 4 members (excludes halogenated alkanes) is 31. The number of nitrogens with one attached hydrogen (secondary N) is 2. The molecule has 5 rings (SSSR count). The van der Waals surface area contributed by atoms with Gasteiger partial charge in [-0.15, -0.1) is 0 Å². The number of aliphatic carboxylic acids is 1. The first-order chi connectivity index (χ1) is 52.9. The van der Waals surface area contributed by atoms with Gasteiger partial charge in [0.25, 0.3) is 5.79 Å². The number of carbonyl (C=O) groups is 3. The number of amides is 2. The maximum atomic E-state index is 13.6. The molecule has 28 atom stereocenters. The highest BCUT2D eigenvalue weighted by Gasteiger charge is 2.61. The number of hydrogen-bond donors (Lipinski definition) is 20. The van der Waals surface area contributed by atoms with Crippen LogP contribution in [0, 0.1) is 0 Å². The van der Waals surface area contributed by atoms with Crippen LogP contribution in [0.25, 0.3) is 0 Å². The van der Waals surface area contributed by atoms with Crippen LogP contribution in [0.3, 0.4) is 0 Å². The van der Waals surface area contributed by atoms with E-state index >= 15 is 0 Å². The van der Waals surface area contributed by atoms with Crippen LogP contribution in [0.1, 0.15) is 245 Å². The number of rotatable bonds is 57. The molecule has 10 unspecified atom stereocenters. The highest BCUT2D eigenvalue weighted by Crippen LogP contribution is 2.40. The Balaban J connectivity index is 1.20. The molecule has 5 saturated heterocycles. The van der Waals surface area contributed by atoms with Crippen molar-refractivity contribution in [2.45, 2.75) is 417 Å². The fourth-order valence-electron chi connectivity index (χ4n) is 14.9. The van der Waals surface area contributed by atoms with E-state index in [1.165, 1.54) is 148 Å². The van der Waals surface area contributed by atoms with Crippen molar-refractivity contribution in [2.24, 2.45) is 0 Å². The van der Waals surface area contributed by atoms with Crippen LogP contribution in [0.4, 0.5) is 0 Å². The van der Waals surface area contributed by atoms with Gasteiger partial charge in [-0.1, -0.05) is 219 Å². The molecule has 5 heterocycles. The summed E-state index contributed by atoms with van der Waals surface area (Å²) in [5.41, 5.74) is 0. The molecule has 33 nitrogen and oxygen atoms in total. The fourth-order valence-corrected chi connectivity index (χ4v) is 14.9. The minimum Gasteiger partial charge on any atom is -0.477 e. The van der Waals surface area contributed by atoms with E-state index < -0.39 is 229 Å². The third kappa shape index (κ3) is 31.2. The molecule has 0 saturated carbocycles. The van der Waals surface area contributed by atoms with Gasteiger partial charge in [0.2, 0.25) is 11.8 Å². The summed E-state index contributed by atoms with van der Waals surface area (Å²) in [4.78, 5) is 39.3. The van der Waals surface area contributed by atoms with Gasteiger partial charge in [0, 0.05) is 19.8 Å². The van der Waals surface area contributed by atoms with E-state index in [-0.39, 0.29) is 12.3 Å². The quantitative estimate of drug-likeness (QED) is 0.0300. The lowest BCUT2D eigenvalue weighted by atomic mass is 9.90. The normalized spacial score (nSPS) is 34.1. The van der Waals surface area contributed by atoms with Gasteiger partial charge in [0.05, 0.1) is 57.9 Å². The molecule has 5 fully saturated rings. The van der Waals surface area contributed by atoms with Crippen LogP contribution in [0.5, 0.6) is 0 Å². The first-order valence-electron chi connectivity index (χ1n) is 41.1. The van der Waals surface area contributed by atoms with Crippen LogP contribution in [-0.2, 0) is 61.8 Å². The Kier molecular flexibility index (Phi) is 47.4. The zero-order valence-corrected chi connectivity index (χ0v) is 65.1. The molecule has 33 heteroatoms. The Hall–Kier alpha value is -2.93. The first-order valence-corrected chi connectivity index (χ1v) is 41.1. The van der Waals surface area contributed by atoms with E-state index in [1.807, 2.05) is 6.08 Å². The number of carboxylic acids is 1. The van der Waals surface area contributed by atoms with Crippen molar-refractivity contribution >= 4 is 17.8 Å². The van der Waals surface area contributed by atoms with Gasteiger partial charge in [-0.25, -0.2) is 4.79 Å². The maximum Gasteiger partial charge on any atom is 0.364 e. The zero-order valence-electron chi connectivity index (χ0n) is 65.1. The van der Waals surface area contributed by atoms with Crippen molar-refractivity contribution in [1.29, 1.82) is 0 Å². The van der Waals surface area contributed by atoms with Crippen LogP contribution in [0.15, 0.2) is 12.2 Å². The molecular weight excluding hydrogens is 1450 g/mol. The number of hydrogen-bond acceptors (Lipinski definition) is 30. The van der Waals surface area contributed by atoms with Crippen molar-refractivity contribution in [2.75, 3.05) is 39.6 Å². The lowest BCUT2D eigenvalue weighted by molar-refractivity contribution is -0.393. The molecular formula is C77H140N2O31. The summed E-state index contributed by atoms with van der Waals surface area (Å²) < 4.78 is 58.4. The molecule has 0 radical (unpaired) electrons. The second-order valence-electron chi connectivity index (χ2n) is 30.7. The molecule has 110 heavy (non-hydrogen) atoms. The number of aliphatic hydroxyl groups excluding tert-OH is 17. The molecule has 20 N–H and O–H groups in total. The predicted molar refractivity (Wildman–Crippen MR) is 394 cm³/mol. The summed E-state index contributed by atoms with van der Waals surface area (Å²) in [6, 6.07) is -2.93. The minimum absolute atomic E-state index is 0.176. The Morgan fingerprint density at radius 2 is 0.882 bits per heavy atom. The maximum absolute atomic E-state index is 13.6. The van der Waals surface area contributed by atoms with Crippen LogP contribution in [-0.4, -0.2) is 321 Å². The van der Waals surface area contributed by atoms with Gasteiger partial charge in [-0.2, -0.15) is 0 Å². The first kappa shape index (κ1) is 97.6. The third-order valence-corrected chi connectivity index (χ3v) is 21.7. The molecule has 0 aromatic carbocycles. The van der Waals surface area contributed by atoms with E-state index in [0.29, 0.717) is 12.8 Å². The predicted octanol–water partition coefficient (Wildman–Crippen LogP) is 1.15. The lowest BCUT2D eigenvalue weighted by Gasteiger charge is -2.51. The molecule has 0 aromatic heterocycles. The average molecular weight is 1590 g/mol. The van der Waals surface area contributed by atoms with Gasteiger partial charge in [0.1, 0.15) is 122 Å². The largest absolute Gasteiger partial charge is 0.477 e. The Morgan fingerprint density at radius 3 is 1.33 bits per heavy atom. The van der Waals surface area contributed by atoms with Crippen LogP contribution >= 0.6 is 0 Å². The summed E-state index contributed by atoms with van der Waals surface area (Å²) in [5.74, 6) is -6.49. The highest BCUT2D eigenvalue weighted by molar-refractivity contribution is 5.76. The van der Waals surface area contributed by atoms with Gasteiger partial charge in [-0.3, -0.25) is 9.59 Å². The Morgan fingerprint density at radius 1 is 0.473 bits per heavy atom. The van der Waals surface area contributed by atoms with Gasteiger partial charge >= 0.3 is 5.97 Å². The monoisotopic (exact) mass is 1590 g/mol. The van der Waals surface area contributed by atoms with Crippen LogP contribution < -0.4 is 10.6 Å². The van der Waals surface area contributed by atoms with Crippen molar-refractivity contribution in [3.05, 3.63) is 12.2 Å². The number of carboxylic acid groups (broad SMARTS) is 1. The second-order valence-corrected chi connectivity index (χ2v) is 30.7. The number of allylic oxidation sites excluding steroid dienone is 1. The van der Waals surface area contributed by atoms with Crippen molar-refractivity contribution in [1.82, 2.24) is 10.6 Å². The smallest absolute Gasteiger partial charge is 0.364 e. The summed E-state index contributed by atoms with van der Waals surface area (Å²) in [6.07, 6.45) is -8.35. The van der Waals surface area contributed by atoms with Crippen molar-refractivity contribution < 1.29 is 154 Å². The number of aliphatic hydroxyl groups is 17. The topological polar surface area (TPSA) is 532 Å². The molecule has 0 aliphatic carbocycles. The molecule has 0 aromatic rings. The highest BCUT2D eigenvalue weighted by atomic mass is 16.8. The summed E-state index contributed by atoms with van der Waals surface area (Å²) in [6.45, 7) is -0.298. The van der Waals surface area contributed by atoms with Gasteiger partial charge < -0.3 is 150 Å².